The summed E-state index contributed by atoms with van der Waals surface area (Å²) < 4.78 is 5.36. The topological polar surface area (TPSA) is 24.5 Å². The molecule has 0 radical (unpaired) electrons. The van der Waals surface area contributed by atoms with Crippen molar-refractivity contribution in [3.8, 4) is 0 Å². The summed E-state index contributed by atoms with van der Waals surface area (Å²) in [6.07, 6.45) is 3.68. The molecule has 2 saturated heterocycles. The fourth-order valence-corrected chi connectivity index (χ4v) is 2.51. The van der Waals surface area contributed by atoms with Gasteiger partial charge in [0.25, 0.3) is 0 Å². The molecule has 2 aliphatic heterocycles. The van der Waals surface area contributed by atoms with Crippen LogP contribution >= 0.6 is 0 Å². The smallest absolute Gasteiger partial charge is 0.0480 e. The Morgan fingerprint density at radius 1 is 1.21 bits per heavy atom. The van der Waals surface area contributed by atoms with Crippen molar-refractivity contribution < 1.29 is 4.74 Å². The van der Waals surface area contributed by atoms with E-state index in [2.05, 4.69) is 24.2 Å². The van der Waals surface area contributed by atoms with E-state index in [1.807, 2.05) is 0 Å². The molecule has 0 aromatic rings. The molecule has 0 aliphatic carbocycles. The summed E-state index contributed by atoms with van der Waals surface area (Å²) in [5.74, 6) is 0. The van der Waals surface area contributed by atoms with Gasteiger partial charge < -0.3 is 15.0 Å². The molecule has 0 aromatic carbocycles. The molecule has 2 unspecified atom stereocenters. The zero-order chi connectivity index (χ0) is 9.97. The predicted molar refractivity (Wildman–Crippen MR) is 57.5 cm³/mol. The number of likely N-dealkylation sites (N-methyl/N-ethyl adjacent to an activating group) is 1. The lowest BCUT2D eigenvalue weighted by Crippen LogP contribution is -2.42. The largest absolute Gasteiger partial charge is 0.381 e. The highest BCUT2D eigenvalue weighted by Crippen LogP contribution is 2.17. The molecule has 1 N–H and O–H groups in total. The third-order valence-electron chi connectivity index (χ3n) is 3.58. The van der Waals surface area contributed by atoms with E-state index in [0.717, 1.165) is 19.3 Å². The van der Waals surface area contributed by atoms with E-state index >= 15 is 0 Å². The van der Waals surface area contributed by atoms with Crippen LogP contribution in [0.1, 0.15) is 26.2 Å². The molecular formula is C11H22N2O. The molecule has 2 heterocycles. The molecule has 2 fully saturated rings. The van der Waals surface area contributed by atoms with E-state index < -0.39 is 0 Å². The predicted octanol–water partition coefficient (Wildman–Crippen LogP) is 0.848. The van der Waals surface area contributed by atoms with Crippen molar-refractivity contribution in [2.75, 3.05) is 26.8 Å². The fourth-order valence-electron chi connectivity index (χ4n) is 2.51. The fraction of sp³-hybridized carbons (Fsp3) is 1.00. The van der Waals surface area contributed by atoms with E-state index in [9.17, 15) is 0 Å². The van der Waals surface area contributed by atoms with Gasteiger partial charge in [-0.05, 0) is 33.2 Å². The second kappa shape index (κ2) is 4.60. The molecule has 2 aliphatic rings. The van der Waals surface area contributed by atoms with Gasteiger partial charge in [0.1, 0.15) is 0 Å². The summed E-state index contributed by atoms with van der Waals surface area (Å²) in [6, 6.07) is 2.15. The summed E-state index contributed by atoms with van der Waals surface area (Å²) in [7, 11) is 2.22. The number of hydrogen-bond donors (Lipinski definition) is 1. The summed E-state index contributed by atoms with van der Waals surface area (Å²) >= 11 is 0. The van der Waals surface area contributed by atoms with E-state index in [0.29, 0.717) is 12.1 Å². The van der Waals surface area contributed by atoms with Crippen molar-refractivity contribution in [2.24, 2.45) is 0 Å². The number of hydrogen-bond acceptors (Lipinski definition) is 3. The van der Waals surface area contributed by atoms with Gasteiger partial charge in [-0.25, -0.2) is 0 Å². The molecule has 82 valence electrons. The first-order valence-corrected chi connectivity index (χ1v) is 5.79. The lowest BCUT2D eigenvalue weighted by molar-refractivity contribution is 0.0752. The number of nitrogens with one attached hydrogen (secondary N) is 1. The Hall–Kier alpha value is -0.120. The molecule has 3 nitrogen and oxygen atoms in total. The van der Waals surface area contributed by atoms with E-state index in [1.54, 1.807) is 0 Å². The summed E-state index contributed by atoms with van der Waals surface area (Å²) in [6.45, 7) is 5.40. The van der Waals surface area contributed by atoms with Gasteiger partial charge in [-0.1, -0.05) is 0 Å². The lowest BCUT2D eigenvalue weighted by Gasteiger charge is -2.26. The van der Waals surface area contributed by atoms with E-state index in [-0.39, 0.29) is 0 Å². The van der Waals surface area contributed by atoms with Gasteiger partial charge in [0.15, 0.2) is 0 Å². The van der Waals surface area contributed by atoms with Gasteiger partial charge in [0.2, 0.25) is 0 Å². The second-order valence-electron chi connectivity index (χ2n) is 4.77. The maximum absolute atomic E-state index is 5.36. The SMILES string of the molecule is CC1CC(NC2CCOCC2)CN1C. The van der Waals surface area contributed by atoms with Gasteiger partial charge in [-0.15, -0.1) is 0 Å². The average Bonchev–Trinajstić information content (AvgIpc) is 2.47. The van der Waals surface area contributed by atoms with Crippen LogP contribution in [0.5, 0.6) is 0 Å². The highest BCUT2D eigenvalue weighted by molar-refractivity contribution is 4.87. The maximum Gasteiger partial charge on any atom is 0.0480 e. The van der Waals surface area contributed by atoms with Gasteiger partial charge in [-0.2, -0.15) is 0 Å². The number of ether oxygens (including phenoxy) is 1. The summed E-state index contributed by atoms with van der Waals surface area (Å²) in [4.78, 5) is 2.44. The van der Waals surface area contributed by atoms with Gasteiger partial charge >= 0.3 is 0 Å². The van der Waals surface area contributed by atoms with Crippen molar-refractivity contribution >= 4 is 0 Å². The van der Waals surface area contributed by atoms with E-state index in [4.69, 9.17) is 4.74 Å². The first kappa shape index (κ1) is 10.4. The highest BCUT2D eigenvalue weighted by Gasteiger charge is 2.28. The Labute approximate surface area is 86.8 Å². The number of rotatable bonds is 2. The van der Waals surface area contributed by atoms with Gasteiger partial charge in [-0.3, -0.25) is 0 Å². The number of nitrogens with zero attached hydrogens (tertiary/aromatic N) is 1. The minimum atomic E-state index is 0.701. The van der Waals surface area contributed by atoms with Crippen LogP contribution in [0.15, 0.2) is 0 Å². The summed E-state index contributed by atoms with van der Waals surface area (Å²) in [5.41, 5.74) is 0. The van der Waals surface area contributed by atoms with Crippen LogP contribution in [-0.2, 0) is 4.74 Å². The maximum atomic E-state index is 5.36. The quantitative estimate of drug-likeness (QED) is 0.712. The first-order valence-electron chi connectivity index (χ1n) is 5.79. The Morgan fingerprint density at radius 2 is 1.93 bits per heavy atom. The molecule has 0 aromatic heterocycles. The minimum Gasteiger partial charge on any atom is -0.381 e. The molecule has 2 atom stereocenters. The molecule has 0 amide bonds. The van der Waals surface area contributed by atoms with Crippen LogP contribution < -0.4 is 5.32 Å². The normalized spacial score (nSPS) is 36.4. The summed E-state index contributed by atoms with van der Waals surface area (Å²) in [5, 5.41) is 3.76. The molecular weight excluding hydrogens is 176 g/mol. The highest BCUT2D eigenvalue weighted by atomic mass is 16.5. The third kappa shape index (κ3) is 2.47. The third-order valence-corrected chi connectivity index (χ3v) is 3.58. The minimum absolute atomic E-state index is 0.701. The van der Waals surface area contributed by atoms with Crippen molar-refractivity contribution in [1.29, 1.82) is 0 Å². The molecule has 14 heavy (non-hydrogen) atoms. The van der Waals surface area contributed by atoms with Crippen LogP contribution in [0.25, 0.3) is 0 Å². The monoisotopic (exact) mass is 198 g/mol. The zero-order valence-corrected chi connectivity index (χ0v) is 9.33. The molecule has 0 bridgehead atoms. The van der Waals surface area contributed by atoms with Crippen LogP contribution in [0.4, 0.5) is 0 Å². The second-order valence-corrected chi connectivity index (χ2v) is 4.77. The number of likely N-dealkylation sites (tertiary alicyclic amines) is 1. The van der Waals surface area contributed by atoms with Crippen molar-refractivity contribution in [3.05, 3.63) is 0 Å². The Kier molecular flexibility index (Phi) is 3.42. The van der Waals surface area contributed by atoms with Crippen molar-refractivity contribution in [2.45, 2.75) is 44.3 Å². The Morgan fingerprint density at radius 3 is 2.50 bits per heavy atom. The standard InChI is InChI=1S/C11H22N2O/c1-9-7-11(8-13(9)2)12-10-3-5-14-6-4-10/h9-12H,3-8H2,1-2H3. The average molecular weight is 198 g/mol. The Balaban J connectivity index is 1.74. The van der Waals surface area contributed by atoms with Crippen molar-refractivity contribution in [1.82, 2.24) is 10.2 Å². The molecule has 3 heteroatoms. The lowest BCUT2D eigenvalue weighted by atomic mass is 10.1. The van der Waals surface area contributed by atoms with Gasteiger partial charge in [0.05, 0.1) is 0 Å². The van der Waals surface area contributed by atoms with Crippen LogP contribution in [0, 0.1) is 0 Å². The van der Waals surface area contributed by atoms with Crippen LogP contribution in [-0.4, -0.2) is 49.8 Å². The zero-order valence-electron chi connectivity index (χ0n) is 9.33. The van der Waals surface area contributed by atoms with Crippen molar-refractivity contribution in [3.63, 3.8) is 0 Å². The van der Waals surface area contributed by atoms with E-state index in [1.165, 1.54) is 25.8 Å². The van der Waals surface area contributed by atoms with Crippen LogP contribution in [0.3, 0.4) is 0 Å². The first-order chi connectivity index (χ1) is 6.75. The molecule has 0 saturated carbocycles. The van der Waals surface area contributed by atoms with Crippen LogP contribution in [0.2, 0.25) is 0 Å². The Bertz CT molecular complexity index is 170. The van der Waals surface area contributed by atoms with Gasteiger partial charge in [0, 0.05) is 37.9 Å². The molecule has 2 rings (SSSR count). The molecule has 0 spiro atoms.